The second-order valence-electron chi connectivity index (χ2n) is 5.48. The van der Waals surface area contributed by atoms with Crippen LogP contribution in [0.15, 0.2) is 12.4 Å². The Morgan fingerprint density at radius 2 is 2.28 bits per heavy atom. The van der Waals surface area contributed by atoms with Crippen molar-refractivity contribution in [2.75, 3.05) is 0 Å². The molecule has 1 heterocycles. The first-order chi connectivity index (χ1) is 8.61. The average Bonchev–Trinajstić information content (AvgIpc) is 2.88. The summed E-state index contributed by atoms with van der Waals surface area (Å²) in [4.78, 5) is 0. The monoisotopic (exact) mass is 247 g/mol. The van der Waals surface area contributed by atoms with Gasteiger partial charge in [-0.2, -0.15) is 10.4 Å². The van der Waals surface area contributed by atoms with E-state index in [1.54, 1.807) is 10.9 Å². The van der Waals surface area contributed by atoms with E-state index in [4.69, 9.17) is 0 Å². The minimum atomic E-state index is -0.713. The second-order valence-corrected chi connectivity index (χ2v) is 5.48. The van der Waals surface area contributed by atoms with E-state index in [9.17, 15) is 10.4 Å². The fourth-order valence-corrected chi connectivity index (χ4v) is 2.74. The number of aromatic nitrogens is 2. The lowest BCUT2D eigenvalue weighted by atomic mass is 9.67. The van der Waals surface area contributed by atoms with Crippen molar-refractivity contribution in [1.29, 1.82) is 5.26 Å². The second kappa shape index (κ2) is 5.11. The lowest BCUT2D eigenvalue weighted by molar-refractivity contribution is 0.0266. The molecule has 2 rings (SSSR count). The molecule has 1 aliphatic rings. The van der Waals surface area contributed by atoms with E-state index in [1.807, 2.05) is 13.1 Å². The van der Waals surface area contributed by atoms with Crippen LogP contribution in [0, 0.1) is 22.7 Å². The maximum absolute atomic E-state index is 10.5. The van der Waals surface area contributed by atoms with Crippen molar-refractivity contribution in [3.8, 4) is 6.07 Å². The summed E-state index contributed by atoms with van der Waals surface area (Å²) in [7, 11) is 0. The van der Waals surface area contributed by atoms with Gasteiger partial charge in [-0.05, 0) is 38.5 Å². The van der Waals surface area contributed by atoms with Crippen LogP contribution < -0.4 is 0 Å². The van der Waals surface area contributed by atoms with Crippen LogP contribution in [0.25, 0.3) is 0 Å². The van der Waals surface area contributed by atoms with E-state index >= 15 is 0 Å². The Morgan fingerprint density at radius 3 is 2.78 bits per heavy atom. The molecule has 0 radical (unpaired) electrons. The molecule has 0 aliphatic heterocycles. The predicted octanol–water partition coefficient (Wildman–Crippen LogP) is 2.66. The summed E-state index contributed by atoms with van der Waals surface area (Å²) >= 11 is 0. The minimum absolute atomic E-state index is 0.617. The standard InChI is InChI=1S/C14H21N3O/c1-3-17-9-12(8-16-17)13(18)14(10-15)6-4-11(2)5-7-14/h8-9,11,13,18H,3-7H2,1-2H3. The summed E-state index contributed by atoms with van der Waals surface area (Å²) in [5.41, 5.74) is 0.154. The Hall–Kier alpha value is -1.34. The van der Waals surface area contributed by atoms with Crippen LogP contribution in [-0.4, -0.2) is 14.9 Å². The Labute approximate surface area is 108 Å². The van der Waals surface area contributed by atoms with Crippen LogP contribution in [0.4, 0.5) is 0 Å². The lowest BCUT2D eigenvalue weighted by Gasteiger charge is -2.36. The number of aryl methyl sites for hydroxylation is 1. The van der Waals surface area contributed by atoms with Crippen molar-refractivity contribution in [2.45, 2.75) is 52.2 Å². The topological polar surface area (TPSA) is 61.8 Å². The van der Waals surface area contributed by atoms with Crippen molar-refractivity contribution in [1.82, 2.24) is 9.78 Å². The molecule has 0 spiro atoms. The number of rotatable bonds is 3. The van der Waals surface area contributed by atoms with Crippen LogP contribution in [0.3, 0.4) is 0 Å². The molecule has 1 aliphatic carbocycles. The van der Waals surface area contributed by atoms with Gasteiger partial charge in [0.1, 0.15) is 6.10 Å². The molecule has 1 saturated carbocycles. The number of nitrogens with zero attached hydrogens (tertiary/aromatic N) is 3. The molecule has 98 valence electrons. The summed E-state index contributed by atoms with van der Waals surface area (Å²) < 4.78 is 1.79. The van der Waals surface area contributed by atoms with Gasteiger partial charge in [0, 0.05) is 18.3 Å². The van der Waals surface area contributed by atoms with E-state index in [0.717, 1.165) is 37.8 Å². The molecule has 0 aromatic carbocycles. The summed E-state index contributed by atoms with van der Waals surface area (Å²) in [6.45, 7) is 5.00. The number of hydrogen-bond donors (Lipinski definition) is 1. The maximum atomic E-state index is 10.5. The Bertz CT molecular complexity index is 438. The normalized spacial score (nSPS) is 29.8. The zero-order valence-corrected chi connectivity index (χ0v) is 11.1. The third-order valence-electron chi connectivity index (χ3n) is 4.21. The highest BCUT2D eigenvalue weighted by Gasteiger charge is 2.42. The quantitative estimate of drug-likeness (QED) is 0.893. The average molecular weight is 247 g/mol. The molecule has 0 bridgehead atoms. The highest BCUT2D eigenvalue weighted by molar-refractivity contribution is 5.18. The molecule has 1 N–H and O–H groups in total. The highest BCUT2D eigenvalue weighted by atomic mass is 16.3. The smallest absolute Gasteiger partial charge is 0.101 e. The van der Waals surface area contributed by atoms with Gasteiger partial charge in [0.2, 0.25) is 0 Å². The van der Waals surface area contributed by atoms with E-state index in [1.165, 1.54) is 0 Å². The largest absolute Gasteiger partial charge is 0.387 e. The maximum Gasteiger partial charge on any atom is 0.101 e. The van der Waals surface area contributed by atoms with Crippen molar-refractivity contribution >= 4 is 0 Å². The molecule has 1 atom stereocenters. The molecular formula is C14H21N3O. The Morgan fingerprint density at radius 1 is 1.61 bits per heavy atom. The van der Waals surface area contributed by atoms with E-state index in [-0.39, 0.29) is 0 Å². The lowest BCUT2D eigenvalue weighted by Crippen LogP contribution is -2.31. The van der Waals surface area contributed by atoms with Gasteiger partial charge in [-0.1, -0.05) is 6.92 Å². The van der Waals surface area contributed by atoms with Gasteiger partial charge in [-0.3, -0.25) is 4.68 Å². The molecule has 4 nitrogen and oxygen atoms in total. The van der Waals surface area contributed by atoms with Gasteiger partial charge in [-0.15, -0.1) is 0 Å². The van der Waals surface area contributed by atoms with Crippen LogP contribution >= 0.6 is 0 Å². The Kier molecular flexibility index (Phi) is 3.72. The fourth-order valence-electron chi connectivity index (χ4n) is 2.74. The number of nitriles is 1. The summed E-state index contributed by atoms with van der Waals surface area (Å²) in [6.07, 6.45) is 6.42. The summed E-state index contributed by atoms with van der Waals surface area (Å²) in [5.74, 6) is 0.664. The van der Waals surface area contributed by atoms with Crippen LogP contribution in [0.1, 0.15) is 51.2 Å². The van der Waals surface area contributed by atoms with Gasteiger partial charge in [-0.25, -0.2) is 0 Å². The molecule has 1 aromatic heterocycles. The third kappa shape index (κ3) is 2.28. The molecule has 4 heteroatoms. The van der Waals surface area contributed by atoms with Crippen molar-refractivity contribution in [2.24, 2.45) is 11.3 Å². The first-order valence-electron chi connectivity index (χ1n) is 6.73. The van der Waals surface area contributed by atoms with Crippen LogP contribution in [0.5, 0.6) is 0 Å². The molecule has 0 saturated heterocycles. The first-order valence-corrected chi connectivity index (χ1v) is 6.73. The molecule has 18 heavy (non-hydrogen) atoms. The van der Waals surface area contributed by atoms with E-state index in [0.29, 0.717) is 5.92 Å². The van der Waals surface area contributed by atoms with Crippen LogP contribution in [0.2, 0.25) is 0 Å². The van der Waals surface area contributed by atoms with Gasteiger partial charge in [0.05, 0.1) is 17.7 Å². The molecule has 1 unspecified atom stereocenters. The highest BCUT2D eigenvalue weighted by Crippen LogP contribution is 2.46. The summed E-state index contributed by atoms with van der Waals surface area (Å²) in [5, 5.41) is 24.2. The third-order valence-corrected chi connectivity index (χ3v) is 4.21. The fraction of sp³-hybridized carbons (Fsp3) is 0.714. The molecular weight excluding hydrogens is 226 g/mol. The predicted molar refractivity (Wildman–Crippen MR) is 68.5 cm³/mol. The first kappa shape index (κ1) is 13.1. The molecule has 1 fully saturated rings. The molecule has 1 aromatic rings. The SMILES string of the molecule is CCn1cc(C(O)C2(C#N)CCC(C)CC2)cn1. The van der Waals surface area contributed by atoms with Gasteiger partial charge < -0.3 is 5.11 Å². The van der Waals surface area contributed by atoms with E-state index < -0.39 is 11.5 Å². The number of aliphatic hydroxyl groups is 1. The zero-order valence-electron chi connectivity index (χ0n) is 11.1. The van der Waals surface area contributed by atoms with Crippen molar-refractivity contribution < 1.29 is 5.11 Å². The molecule has 0 amide bonds. The van der Waals surface area contributed by atoms with Gasteiger partial charge in [0.15, 0.2) is 0 Å². The van der Waals surface area contributed by atoms with Gasteiger partial charge >= 0.3 is 0 Å². The minimum Gasteiger partial charge on any atom is -0.387 e. The number of hydrogen-bond acceptors (Lipinski definition) is 3. The van der Waals surface area contributed by atoms with E-state index in [2.05, 4.69) is 18.1 Å². The zero-order chi connectivity index (χ0) is 13.2. The van der Waals surface area contributed by atoms with Crippen LogP contribution in [-0.2, 0) is 6.54 Å². The summed E-state index contributed by atoms with van der Waals surface area (Å²) in [6, 6.07) is 2.38. The van der Waals surface area contributed by atoms with Crippen molar-refractivity contribution in [3.05, 3.63) is 18.0 Å². The Balaban J connectivity index is 2.20. The van der Waals surface area contributed by atoms with Gasteiger partial charge in [0.25, 0.3) is 0 Å². The van der Waals surface area contributed by atoms with Crippen molar-refractivity contribution in [3.63, 3.8) is 0 Å². The number of aliphatic hydroxyl groups excluding tert-OH is 1.